The van der Waals surface area contributed by atoms with Crippen molar-refractivity contribution in [1.82, 2.24) is 4.98 Å². The van der Waals surface area contributed by atoms with Crippen LogP contribution in [0.1, 0.15) is 18.2 Å². The van der Waals surface area contributed by atoms with Crippen LogP contribution in [0.4, 0.5) is 5.69 Å². The molecule has 0 atom stereocenters. The maximum Gasteiger partial charge on any atom is 0.0642 e. The predicted octanol–water partition coefficient (Wildman–Crippen LogP) is 4.66. The number of aromatic nitrogens is 1. The molecule has 2 rings (SSSR count). The van der Waals surface area contributed by atoms with Crippen molar-refractivity contribution in [1.29, 1.82) is 0 Å². The topological polar surface area (TPSA) is 16.1 Å². The molecule has 2 aromatic rings. The van der Waals surface area contributed by atoms with Gasteiger partial charge in [0.15, 0.2) is 0 Å². The number of halogens is 2. The Morgan fingerprint density at radius 2 is 2.05 bits per heavy atom. The first-order valence-electron chi connectivity index (χ1n) is 6.24. The first kappa shape index (κ1) is 14.4. The second-order valence-electron chi connectivity index (χ2n) is 4.22. The summed E-state index contributed by atoms with van der Waals surface area (Å²) in [5.74, 6) is 0. The van der Waals surface area contributed by atoms with E-state index in [0.717, 1.165) is 34.8 Å². The fraction of sp³-hybridized carbons (Fsp3) is 0.267. The van der Waals surface area contributed by atoms with E-state index < -0.39 is 0 Å². The maximum absolute atomic E-state index is 6.36. The van der Waals surface area contributed by atoms with E-state index in [-0.39, 0.29) is 0 Å². The lowest BCUT2D eigenvalue weighted by atomic mass is 10.1. The monoisotopic (exact) mass is 338 g/mol. The summed E-state index contributed by atoms with van der Waals surface area (Å²) >= 11 is 9.89. The molecular formula is C15H16BrClN2. The summed E-state index contributed by atoms with van der Waals surface area (Å²) in [6.07, 6.45) is 1.82. The number of hydrogen-bond donors (Lipinski definition) is 0. The Morgan fingerprint density at radius 3 is 2.68 bits per heavy atom. The average Bonchev–Trinajstić information content (AvgIpc) is 2.46. The van der Waals surface area contributed by atoms with E-state index >= 15 is 0 Å². The Labute approximate surface area is 127 Å². The molecule has 0 saturated heterocycles. The molecule has 0 aliphatic rings. The number of benzene rings is 1. The largest absolute Gasteiger partial charge is 0.364 e. The summed E-state index contributed by atoms with van der Waals surface area (Å²) in [7, 11) is 0. The van der Waals surface area contributed by atoms with Gasteiger partial charge in [-0.25, -0.2) is 0 Å². The van der Waals surface area contributed by atoms with Crippen LogP contribution in [0.2, 0.25) is 5.02 Å². The highest BCUT2D eigenvalue weighted by molar-refractivity contribution is 9.08. The number of anilines is 1. The van der Waals surface area contributed by atoms with Gasteiger partial charge in [-0.15, -0.1) is 0 Å². The van der Waals surface area contributed by atoms with Gasteiger partial charge in [-0.05, 0) is 30.7 Å². The van der Waals surface area contributed by atoms with Gasteiger partial charge in [0.05, 0.1) is 22.9 Å². The molecule has 0 spiro atoms. The number of alkyl halides is 1. The van der Waals surface area contributed by atoms with Gasteiger partial charge >= 0.3 is 0 Å². The fourth-order valence-corrected chi connectivity index (χ4v) is 2.82. The Kier molecular flexibility index (Phi) is 5.23. The third kappa shape index (κ3) is 3.48. The molecular weight excluding hydrogens is 324 g/mol. The zero-order valence-corrected chi connectivity index (χ0v) is 13.2. The van der Waals surface area contributed by atoms with Gasteiger partial charge in [-0.2, -0.15) is 0 Å². The molecule has 0 bridgehead atoms. The molecule has 19 heavy (non-hydrogen) atoms. The standard InChI is InChI=1S/C15H16BrClN2/c1-2-19(11-13-7-3-4-9-18-13)15-12(10-16)6-5-8-14(15)17/h3-9H,2,10-11H2,1H3. The van der Waals surface area contributed by atoms with Crippen molar-refractivity contribution in [3.8, 4) is 0 Å². The molecule has 0 aliphatic carbocycles. The van der Waals surface area contributed by atoms with Gasteiger partial charge in [0.2, 0.25) is 0 Å². The minimum Gasteiger partial charge on any atom is -0.364 e. The zero-order valence-electron chi connectivity index (χ0n) is 10.8. The molecule has 1 heterocycles. The van der Waals surface area contributed by atoms with E-state index in [2.05, 4.69) is 38.8 Å². The van der Waals surface area contributed by atoms with Gasteiger partial charge in [0.25, 0.3) is 0 Å². The van der Waals surface area contributed by atoms with Crippen LogP contribution in [-0.4, -0.2) is 11.5 Å². The molecule has 0 aliphatic heterocycles. The van der Waals surface area contributed by atoms with Crippen LogP contribution >= 0.6 is 27.5 Å². The van der Waals surface area contributed by atoms with Gasteiger partial charge in [0.1, 0.15) is 0 Å². The lowest BCUT2D eigenvalue weighted by molar-refractivity contribution is 0.806. The number of hydrogen-bond acceptors (Lipinski definition) is 2. The highest BCUT2D eigenvalue weighted by Crippen LogP contribution is 2.32. The Balaban J connectivity index is 2.32. The Bertz CT molecular complexity index is 531. The summed E-state index contributed by atoms with van der Waals surface area (Å²) in [5, 5.41) is 1.58. The fourth-order valence-electron chi connectivity index (χ4n) is 2.06. The van der Waals surface area contributed by atoms with Gasteiger partial charge in [-0.1, -0.05) is 45.7 Å². The van der Waals surface area contributed by atoms with Gasteiger partial charge in [0, 0.05) is 18.1 Å². The Morgan fingerprint density at radius 1 is 1.21 bits per heavy atom. The molecule has 0 fully saturated rings. The molecule has 1 aromatic carbocycles. The van der Waals surface area contributed by atoms with E-state index in [1.807, 2.05) is 36.5 Å². The summed E-state index contributed by atoms with van der Waals surface area (Å²) in [4.78, 5) is 6.63. The van der Waals surface area contributed by atoms with Crippen molar-refractivity contribution >= 4 is 33.2 Å². The molecule has 0 amide bonds. The number of rotatable bonds is 5. The molecule has 0 N–H and O–H groups in total. The van der Waals surface area contributed by atoms with Gasteiger partial charge < -0.3 is 4.90 Å². The molecule has 2 nitrogen and oxygen atoms in total. The minimum absolute atomic E-state index is 0.765. The summed E-state index contributed by atoms with van der Waals surface area (Å²) in [5.41, 5.74) is 3.34. The van der Waals surface area contributed by atoms with E-state index in [1.165, 1.54) is 5.56 Å². The lowest BCUT2D eigenvalue weighted by Gasteiger charge is -2.26. The van der Waals surface area contributed by atoms with E-state index in [4.69, 9.17) is 11.6 Å². The van der Waals surface area contributed by atoms with Crippen molar-refractivity contribution in [2.45, 2.75) is 18.8 Å². The van der Waals surface area contributed by atoms with Crippen molar-refractivity contribution in [2.75, 3.05) is 11.4 Å². The van der Waals surface area contributed by atoms with Crippen LogP contribution in [0, 0.1) is 0 Å². The Hall–Kier alpha value is -1.06. The van der Waals surface area contributed by atoms with Crippen LogP contribution in [0.3, 0.4) is 0 Å². The van der Waals surface area contributed by atoms with Crippen molar-refractivity contribution in [2.24, 2.45) is 0 Å². The quantitative estimate of drug-likeness (QED) is 0.737. The lowest BCUT2D eigenvalue weighted by Crippen LogP contribution is -2.24. The number of pyridine rings is 1. The third-order valence-electron chi connectivity index (χ3n) is 2.99. The van der Waals surface area contributed by atoms with Crippen LogP contribution in [0.15, 0.2) is 42.6 Å². The smallest absolute Gasteiger partial charge is 0.0642 e. The van der Waals surface area contributed by atoms with Gasteiger partial charge in [-0.3, -0.25) is 4.98 Å². The van der Waals surface area contributed by atoms with Crippen molar-refractivity contribution in [3.63, 3.8) is 0 Å². The molecule has 0 saturated carbocycles. The molecule has 4 heteroatoms. The van der Waals surface area contributed by atoms with Crippen LogP contribution in [0.25, 0.3) is 0 Å². The first-order valence-corrected chi connectivity index (χ1v) is 7.74. The third-order valence-corrected chi connectivity index (χ3v) is 3.90. The van der Waals surface area contributed by atoms with E-state index in [0.29, 0.717) is 0 Å². The average molecular weight is 340 g/mol. The number of para-hydroxylation sites is 1. The number of nitrogens with zero attached hydrogens (tertiary/aromatic N) is 2. The summed E-state index contributed by atoms with van der Waals surface area (Å²) in [6, 6.07) is 12.0. The molecule has 100 valence electrons. The zero-order chi connectivity index (χ0) is 13.7. The summed E-state index contributed by atoms with van der Waals surface area (Å²) in [6.45, 7) is 3.78. The minimum atomic E-state index is 0.765. The van der Waals surface area contributed by atoms with Crippen LogP contribution in [0.5, 0.6) is 0 Å². The van der Waals surface area contributed by atoms with Crippen molar-refractivity contribution in [3.05, 3.63) is 58.9 Å². The van der Waals surface area contributed by atoms with Crippen molar-refractivity contribution < 1.29 is 0 Å². The second kappa shape index (κ2) is 6.92. The SMILES string of the molecule is CCN(Cc1ccccn1)c1c(Cl)cccc1CBr. The van der Waals surface area contributed by atoms with Crippen LogP contribution in [-0.2, 0) is 11.9 Å². The molecule has 1 aromatic heterocycles. The predicted molar refractivity (Wildman–Crippen MR) is 85.0 cm³/mol. The van der Waals surface area contributed by atoms with Crippen LogP contribution < -0.4 is 4.90 Å². The summed E-state index contributed by atoms with van der Waals surface area (Å²) < 4.78 is 0. The molecule has 0 unspecified atom stereocenters. The highest BCUT2D eigenvalue weighted by atomic mass is 79.9. The van der Waals surface area contributed by atoms with E-state index in [1.54, 1.807) is 0 Å². The normalized spacial score (nSPS) is 10.5. The maximum atomic E-state index is 6.36. The van der Waals surface area contributed by atoms with E-state index in [9.17, 15) is 0 Å². The second-order valence-corrected chi connectivity index (χ2v) is 5.18. The first-order chi connectivity index (χ1) is 9.26. The molecule has 0 radical (unpaired) electrons. The highest BCUT2D eigenvalue weighted by Gasteiger charge is 2.13.